The monoisotopic (exact) mass is 870 g/mol. The largest absolute Gasteiger partial charge is 0.506 e. The molecule has 2 amide bonds. The van der Waals surface area contributed by atoms with Crippen LogP contribution in [0.1, 0.15) is 83.9 Å². The fraction of sp³-hybridized carbons (Fsp3) is 0.320. The van der Waals surface area contributed by atoms with Crippen LogP contribution in [0.3, 0.4) is 0 Å². The molecule has 7 rings (SSSR count). The molecule has 0 aliphatic carbocycles. The van der Waals surface area contributed by atoms with Crippen LogP contribution >= 0.6 is 11.3 Å². The molecule has 13 heteroatoms. The Kier molecular flexibility index (Phi) is 13.5. The maximum absolute atomic E-state index is 13.9. The number of phenols is 1. The molecule has 1 aliphatic heterocycles. The van der Waals surface area contributed by atoms with Gasteiger partial charge in [0, 0.05) is 58.5 Å². The van der Waals surface area contributed by atoms with Gasteiger partial charge in [0.1, 0.15) is 17.5 Å². The molecule has 0 saturated carbocycles. The predicted octanol–water partition coefficient (Wildman–Crippen LogP) is 8.31. The number of amides is 2. The molecular formula is C50H54N4O8S. The molecule has 3 heterocycles. The summed E-state index contributed by atoms with van der Waals surface area (Å²) in [4.78, 5) is 61.0. The zero-order chi connectivity index (χ0) is 44.9. The lowest BCUT2D eigenvalue weighted by Gasteiger charge is -2.33. The number of pyridine rings is 1. The number of ether oxygens (including phenoxy) is 2. The van der Waals surface area contributed by atoms with Crippen molar-refractivity contribution in [2.24, 2.45) is 0 Å². The third-order valence-corrected chi connectivity index (χ3v) is 12.4. The Morgan fingerprint density at radius 3 is 2.33 bits per heavy atom. The Balaban J connectivity index is 1.01. The molecule has 0 spiro atoms. The SMILES string of the molecule is C[C@@H](CN(Cc1ccc(C(=O)NCc2ccc(-c3cccc([C@](O)(C(=O)OC4CCN(C)CC4)c4ccccc4)c3)s2)cc1)C(=O)OC(C)(C)C)c1ccc(O)c2[nH]c(=O)ccc12. The van der Waals surface area contributed by atoms with Gasteiger partial charge >= 0.3 is 12.1 Å². The molecule has 4 aromatic carbocycles. The van der Waals surface area contributed by atoms with Gasteiger partial charge in [0.25, 0.3) is 5.91 Å². The van der Waals surface area contributed by atoms with Crippen LogP contribution in [-0.2, 0) is 33.0 Å². The van der Waals surface area contributed by atoms with E-state index in [0.717, 1.165) is 39.5 Å². The highest BCUT2D eigenvalue weighted by atomic mass is 32.1. The van der Waals surface area contributed by atoms with Gasteiger partial charge in [-0.25, -0.2) is 9.59 Å². The van der Waals surface area contributed by atoms with Crippen molar-refractivity contribution in [2.45, 2.75) is 76.9 Å². The molecule has 1 fully saturated rings. The van der Waals surface area contributed by atoms with Crippen molar-refractivity contribution in [3.05, 3.63) is 158 Å². The fourth-order valence-corrected chi connectivity index (χ4v) is 8.79. The average molecular weight is 871 g/mol. The van der Waals surface area contributed by atoms with E-state index in [1.807, 2.05) is 83.3 Å². The first kappa shape index (κ1) is 44.8. The van der Waals surface area contributed by atoms with Gasteiger partial charge in [-0.3, -0.25) is 9.59 Å². The number of aliphatic hydroxyl groups is 1. The van der Waals surface area contributed by atoms with Gasteiger partial charge in [0.05, 0.1) is 12.1 Å². The summed E-state index contributed by atoms with van der Waals surface area (Å²) in [5.41, 5.74) is 1.02. The number of fused-ring (bicyclic) bond motifs is 1. The number of carbonyl (C=O) groups excluding carboxylic acids is 3. The minimum Gasteiger partial charge on any atom is -0.506 e. The number of aromatic amines is 1. The second-order valence-corrected chi connectivity index (χ2v) is 18.4. The molecule has 4 N–H and O–H groups in total. The number of carbonyl (C=O) groups is 3. The van der Waals surface area contributed by atoms with Gasteiger partial charge in [-0.15, -0.1) is 11.3 Å². The highest BCUT2D eigenvalue weighted by Gasteiger charge is 2.43. The third kappa shape index (κ3) is 10.7. The molecule has 2 aromatic heterocycles. The first-order valence-electron chi connectivity index (χ1n) is 21.1. The Bertz CT molecular complexity index is 2630. The van der Waals surface area contributed by atoms with E-state index >= 15 is 0 Å². The summed E-state index contributed by atoms with van der Waals surface area (Å²) in [6.07, 6.45) is 0.641. The minimum atomic E-state index is -2.01. The molecule has 2 atom stereocenters. The van der Waals surface area contributed by atoms with E-state index in [9.17, 15) is 29.4 Å². The van der Waals surface area contributed by atoms with E-state index in [1.165, 1.54) is 23.5 Å². The average Bonchev–Trinajstić information content (AvgIpc) is 3.75. The maximum atomic E-state index is 13.9. The van der Waals surface area contributed by atoms with Crippen LogP contribution in [0.2, 0.25) is 0 Å². The number of esters is 1. The fourth-order valence-electron chi connectivity index (χ4n) is 7.85. The molecule has 0 bridgehead atoms. The van der Waals surface area contributed by atoms with Crippen molar-refractivity contribution in [3.63, 3.8) is 0 Å². The molecule has 1 aliphatic rings. The second-order valence-electron chi connectivity index (χ2n) is 17.3. The second kappa shape index (κ2) is 19.0. The summed E-state index contributed by atoms with van der Waals surface area (Å²) >= 11 is 1.50. The standard InChI is InChI=1S/C50H54N4O8S/c1-32(40-19-21-42(55)45-41(40)20-23-44(56)52-45)30-54(48(59)62-49(2,3)4)31-33-14-16-34(17-15-33)46(57)51-29-39-18-22-43(63-39)35-10-9-13-37(28-35)50(60,36-11-7-6-8-12-36)47(58)61-38-24-26-53(5)27-25-38/h6-23,28,32,38,55,60H,24-27,29-31H2,1-5H3,(H,51,57)(H,52,56)/t32-,50-/m0/s1. The van der Waals surface area contributed by atoms with Crippen molar-refractivity contribution in [1.82, 2.24) is 20.1 Å². The smallest absolute Gasteiger partial charge is 0.410 e. The lowest BCUT2D eigenvalue weighted by molar-refractivity contribution is -0.169. The molecule has 1 saturated heterocycles. The number of rotatable bonds is 13. The number of aromatic nitrogens is 1. The number of phenolic OH excluding ortho intramolecular Hbond substituents is 1. The zero-order valence-electron chi connectivity index (χ0n) is 36.2. The topological polar surface area (TPSA) is 162 Å². The van der Waals surface area contributed by atoms with Gasteiger partial charge in [0.2, 0.25) is 11.2 Å². The van der Waals surface area contributed by atoms with Crippen molar-refractivity contribution in [1.29, 1.82) is 0 Å². The number of likely N-dealkylation sites (tertiary alicyclic amines) is 1. The summed E-state index contributed by atoms with van der Waals surface area (Å²) in [5.74, 6) is -1.19. The highest BCUT2D eigenvalue weighted by molar-refractivity contribution is 7.15. The van der Waals surface area contributed by atoms with Crippen molar-refractivity contribution in [3.8, 4) is 16.2 Å². The number of piperidine rings is 1. The number of aromatic hydroxyl groups is 1. The molecule has 6 aromatic rings. The molecule has 63 heavy (non-hydrogen) atoms. The van der Waals surface area contributed by atoms with Crippen molar-refractivity contribution >= 4 is 40.2 Å². The molecule has 0 radical (unpaired) electrons. The van der Waals surface area contributed by atoms with Crippen LogP contribution in [0, 0.1) is 0 Å². The summed E-state index contributed by atoms with van der Waals surface area (Å²) < 4.78 is 11.7. The van der Waals surface area contributed by atoms with Crippen molar-refractivity contribution < 1.29 is 34.1 Å². The number of thiophene rings is 1. The van der Waals surface area contributed by atoms with E-state index in [2.05, 4.69) is 15.2 Å². The molecule has 0 unspecified atom stereocenters. The van der Waals surface area contributed by atoms with Crippen LogP contribution in [0.4, 0.5) is 4.79 Å². The minimum absolute atomic E-state index is 0.0358. The Labute approximate surface area is 371 Å². The Morgan fingerprint density at radius 1 is 0.905 bits per heavy atom. The molecule has 12 nitrogen and oxygen atoms in total. The van der Waals surface area contributed by atoms with E-state index in [0.29, 0.717) is 40.4 Å². The van der Waals surface area contributed by atoms with Crippen LogP contribution in [0.25, 0.3) is 21.3 Å². The van der Waals surface area contributed by atoms with E-state index in [1.54, 1.807) is 59.5 Å². The Hall–Kier alpha value is -6.28. The van der Waals surface area contributed by atoms with E-state index in [-0.39, 0.29) is 48.9 Å². The summed E-state index contributed by atoms with van der Waals surface area (Å²) in [6, 6.07) is 33.6. The first-order chi connectivity index (χ1) is 30.1. The Morgan fingerprint density at radius 2 is 1.62 bits per heavy atom. The van der Waals surface area contributed by atoms with Gasteiger partial charge in [-0.05, 0) is 111 Å². The highest BCUT2D eigenvalue weighted by Crippen LogP contribution is 2.37. The van der Waals surface area contributed by atoms with E-state index in [4.69, 9.17) is 9.47 Å². The van der Waals surface area contributed by atoms with Crippen LogP contribution < -0.4 is 10.9 Å². The summed E-state index contributed by atoms with van der Waals surface area (Å²) in [5, 5.41) is 26.3. The zero-order valence-corrected chi connectivity index (χ0v) is 37.0. The number of nitrogens with zero attached hydrogens (tertiary/aromatic N) is 2. The third-order valence-electron chi connectivity index (χ3n) is 11.2. The van der Waals surface area contributed by atoms with Gasteiger partial charge in [-0.2, -0.15) is 0 Å². The number of benzene rings is 4. The lowest BCUT2D eigenvalue weighted by atomic mass is 9.85. The van der Waals surface area contributed by atoms with Crippen molar-refractivity contribution in [2.75, 3.05) is 26.7 Å². The molecule has 328 valence electrons. The number of nitrogens with one attached hydrogen (secondary N) is 2. The number of hydrogen-bond acceptors (Lipinski definition) is 10. The van der Waals surface area contributed by atoms with Gasteiger partial charge in [-0.1, -0.05) is 73.7 Å². The number of H-pyrrole nitrogens is 1. The van der Waals surface area contributed by atoms with Crippen LogP contribution in [0.15, 0.2) is 120 Å². The van der Waals surface area contributed by atoms with Gasteiger partial charge in [0.15, 0.2) is 0 Å². The maximum Gasteiger partial charge on any atom is 0.410 e. The van der Waals surface area contributed by atoms with E-state index < -0.39 is 23.3 Å². The summed E-state index contributed by atoms with van der Waals surface area (Å²) in [6.45, 7) is 9.81. The lowest BCUT2D eigenvalue weighted by Crippen LogP contribution is -2.43. The summed E-state index contributed by atoms with van der Waals surface area (Å²) in [7, 11) is 2.04. The molecular weight excluding hydrogens is 817 g/mol. The van der Waals surface area contributed by atoms with Crippen LogP contribution in [0.5, 0.6) is 5.75 Å². The first-order valence-corrected chi connectivity index (χ1v) is 22.0. The normalized spacial score (nSPS) is 15.0. The van der Waals surface area contributed by atoms with Crippen LogP contribution in [-0.4, -0.2) is 81.4 Å². The number of hydrogen-bond donors (Lipinski definition) is 4. The quantitative estimate of drug-likeness (QED) is 0.0837. The van der Waals surface area contributed by atoms with Gasteiger partial charge < -0.3 is 39.8 Å². The predicted molar refractivity (Wildman–Crippen MR) is 245 cm³/mol.